The molecule has 0 saturated heterocycles. The second-order valence-corrected chi connectivity index (χ2v) is 7.54. The number of methoxy groups -OCH3 is 1. The quantitative estimate of drug-likeness (QED) is 0.560. The van der Waals surface area contributed by atoms with Gasteiger partial charge in [0.1, 0.15) is 10.8 Å². The van der Waals surface area contributed by atoms with Gasteiger partial charge in [0.2, 0.25) is 0 Å². The van der Waals surface area contributed by atoms with Crippen LogP contribution < -0.4 is 10.1 Å². The largest absolute Gasteiger partial charge is 0.501 e. The molecule has 0 bridgehead atoms. The summed E-state index contributed by atoms with van der Waals surface area (Å²) < 4.78 is 66.2. The number of nitro benzene ring substituents is 1. The predicted octanol–water partition coefficient (Wildman–Crippen LogP) is 3.80. The van der Waals surface area contributed by atoms with Crippen LogP contribution in [-0.2, 0) is 9.84 Å². The van der Waals surface area contributed by atoms with Crippen molar-refractivity contribution < 1.29 is 36.0 Å². The van der Waals surface area contributed by atoms with Gasteiger partial charge in [-0.2, -0.15) is 13.2 Å². The van der Waals surface area contributed by atoms with Crippen molar-refractivity contribution in [3.05, 3.63) is 57.1 Å². The zero-order chi connectivity index (χ0) is 21.3. The zero-order valence-corrected chi connectivity index (χ0v) is 15.4. The molecule has 0 fully saturated rings. The van der Waals surface area contributed by atoms with E-state index in [1.54, 1.807) is 0 Å². The minimum Gasteiger partial charge on any atom is -0.495 e. The van der Waals surface area contributed by atoms with Gasteiger partial charge in [0.25, 0.3) is 21.4 Å². The van der Waals surface area contributed by atoms with Crippen molar-refractivity contribution in [1.82, 2.24) is 0 Å². The topological polar surface area (TPSA) is 116 Å². The average Bonchev–Trinajstić information content (AvgIpc) is 2.60. The van der Waals surface area contributed by atoms with E-state index >= 15 is 0 Å². The fraction of sp³-hybridized carbons (Fsp3) is 0.133. The number of carbonyl (C=O) groups is 1. The molecule has 150 valence electrons. The summed E-state index contributed by atoms with van der Waals surface area (Å²) in [7, 11) is -4.51. The van der Waals surface area contributed by atoms with Crippen molar-refractivity contribution in [2.24, 2.45) is 0 Å². The number of nitrogens with one attached hydrogen (secondary N) is 1. The molecule has 1 N–H and O–H groups in total. The lowest BCUT2D eigenvalue weighted by Crippen LogP contribution is -2.23. The summed E-state index contributed by atoms with van der Waals surface area (Å²) in [6.45, 7) is 0. The molecule has 0 radical (unpaired) electrons. The summed E-state index contributed by atoms with van der Waals surface area (Å²) in [5.74, 6) is -1.09. The van der Waals surface area contributed by atoms with Crippen molar-refractivity contribution in [3.8, 4) is 5.75 Å². The monoisotopic (exact) mass is 438 g/mol. The Bertz CT molecular complexity index is 1060. The van der Waals surface area contributed by atoms with Crippen LogP contribution in [0.2, 0.25) is 5.02 Å². The van der Waals surface area contributed by atoms with Crippen LogP contribution in [-0.4, -0.2) is 31.9 Å². The highest BCUT2D eigenvalue weighted by molar-refractivity contribution is 7.92. The van der Waals surface area contributed by atoms with Gasteiger partial charge in [-0.1, -0.05) is 11.6 Å². The van der Waals surface area contributed by atoms with Crippen molar-refractivity contribution in [1.29, 1.82) is 0 Å². The second kappa shape index (κ2) is 7.64. The number of amides is 1. The van der Waals surface area contributed by atoms with Crippen LogP contribution in [0.1, 0.15) is 10.4 Å². The molecule has 2 aromatic carbocycles. The van der Waals surface area contributed by atoms with Gasteiger partial charge in [-0.3, -0.25) is 14.9 Å². The molecule has 2 aromatic rings. The highest BCUT2D eigenvalue weighted by Crippen LogP contribution is 2.35. The maximum atomic E-state index is 12.7. The van der Waals surface area contributed by atoms with Gasteiger partial charge in [0.15, 0.2) is 0 Å². The molecule has 2 rings (SSSR count). The standard InChI is InChI=1S/C15H10ClF3N2O6S/c1-27-13-5-3-9(28(25,26)15(17,18)19)7-11(13)20-14(22)8-2-4-10(16)12(6-8)21(23)24/h2-7H,1H3,(H,20,22). The Kier molecular flexibility index (Phi) is 5.85. The number of hydrogen-bond acceptors (Lipinski definition) is 6. The maximum Gasteiger partial charge on any atom is 0.501 e. The summed E-state index contributed by atoms with van der Waals surface area (Å²) in [4.78, 5) is 21.3. The number of sulfone groups is 1. The molecular formula is C15H10ClF3N2O6S. The van der Waals surface area contributed by atoms with E-state index in [-0.39, 0.29) is 22.0 Å². The number of carbonyl (C=O) groups excluding carboxylic acids is 1. The predicted molar refractivity (Wildman–Crippen MR) is 92.3 cm³/mol. The molecule has 0 aliphatic rings. The fourth-order valence-electron chi connectivity index (χ4n) is 2.07. The number of nitro groups is 1. The smallest absolute Gasteiger partial charge is 0.495 e. The summed E-state index contributed by atoms with van der Waals surface area (Å²) in [6.07, 6.45) is 0. The highest BCUT2D eigenvalue weighted by atomic mass is 35.5. The van der Waals surface area contributed by atoms with Crippen molar-refractivity contribution in [2.45, 2.75) is 10.4 Å². The van der Waals surface area contributed by atoms with Crippen LogP contribution in [0, 0.1) is 10.1 Å². The van der Waals surface area contributed by atoms with E-state index in [4.69, 9.17) is 16.3 Å². The van der Waals surface area contributed by atoms with Crippen LogP contribution in [0.15, 0.2) is 41.3 Å². The Morgan fingerprint density at radius 1 is 1.21 bits per heavy atom. The first kappa shape index (κ1) is 21.4. The lowest BCUT2D eigenvalue weighted by Gasteiger charge is -2.13. The van der Waals surface area contributed by atoms with Crippen LogP contribution in [0.4, 0.5) is 24.5 Å². The number of hydrogen-bond donors (Lipinski definition) is 1. The molecule has 28 heavy (non-hydrogen) atoms. The van der Waals surface area contributed by atoms with Crippen molar-refractivity contribution >= 4 is 38.7 Å². The summed E-state index contributed by atoms with van der Waals surface area (Å²) >= 11 is 5.65. The molecule has 13 heteroatoms. The molecule has 0 unspecified atom stereocenters. The summed E-state index contributed by atoms with van der Waals surface area (Å²) in [5, 5.41) is 12.8. The Hall–Kier alpha value is -2.86. The third kappa shape index (κ3) is 4.17. The van der Waals surface area contributed by atoms with Gasteiger partial charge in [0.05, 0.1) is 22.6 Å². The number of rotatable bonds is 5. The SMILES string of the molecule is COc1ccc(S(=O)(=O)C(F)(F)F)cc1NC(=O)c1ccc(Cl)c([N+](=O)[O-])c1. The lowest BCUT2D eigenvalue weighted by atomic mass is 10.2. The first-order valence-corrected chi connectivity index (χ1v) is 8.99. The van der Waals surface area contributed by atoms with E-state index in [0.717, 1.165) is 31.4 Å². The first-order chi connectivity index (χ1) is 12.9. The zero-order valence-electron chi connectivity index (χ0n) is 13.8. The first-order valence-electron chi connectivity index (χ1n) is 7.13. The van der Waals surface area contributed by atoms with E-state index < -0.39 is 36.8 Å². The van der Waals surface area contributed by atoms with Gasteiger partial charge in [-0.05, 0) is 30.3 Å². The second-order valence-electron chi connectivity index (χ2n) is 5.19. The Labute approximate surface area is 160 Å². The number of nitrogens with zero attached hydrogens (tertiary/aromatic N) is 1. The third-order valence-corrected chi connectivity index (χ3v) is 5.24. The fourth-order valence-corrected chi connectivity index (χ4v) is 3.05. The van der Waals surface area contributed by atoms with Gasteiger partial charge >= 0.3 is 5.51 Å². The highest BCUT2D eigenvalue weighted by Gasteiger charge is 2.47. The lowest BCUT2D eigenvalue weighted by molar-refractivity contribution is -0.384. The van der Waals surface area contributed by atoms with Gasteiger partial charge < -0.3 is 10.1 Å². The minimum absolute atomic E-state index is 0.127. The number of halogens is 4. The number of anilines is 1. The van der Waals surface area contributed by atoms with E-state index in [1.165, 1.54) is 0 Å². The number of ether oxygens (including phenoxy) is 1. The van der Waals surface area contributed by atoms with Crippen LogP contribution in [0.5, 0.6) is 5.75 Å². The molecule has 0 saturated carbocycles. The van der Waals surface area contributed by atoms with E-state index in [1.807, 2.05) is 0 Å². The summed E-state index contributed by atoms with van der Waals surface area (Å²) in [5.41, 5.74) is -6.72. The van der Waals surface area contributed by atoms with Crippen molar-refractivity contribution in [3.63, 3.8) is 0 Å². The molecule has 0 atom stereocenters. The third-order valence-electron chi connectivity index (χ3n) is 3.44. The van der Waals surface area contributed by atoms with E-state index in [2.05, 4.69) is 5.32 Å². The molecule has 0 aromatic heterocycles. The Morgan fingerprint density at radius 3 is 2.39 bits per heavy atom. The molecule has 0 heterocycles. The van der Waals surface area contributed by atoms with Crippen LogP contribution in [0.25, 0.3) is 0 Å². The molecular weight excluding hydrogens is 429 g/mol. The molecule has 0 spiro atoms. The van der Waals surface area contributed by atoms with Crippen LogP contribution >= 0.6 is 11.6 Å². The maximum absolute atomic E-state index is 12.7. The summed E-state index contributed by atoms with van der Waals surface area (Å²) in [6, 6.07) is 5.27. The normalized spacial score (nSPS) is 11.8. The van der Waals surface area contributed by atoms with Gasteiger partial charge in [-0.15, -0.1) is 0 Å². The molecule has 8 nitrogen and oxygen atoms in total. The van der Waals surface area contributed by atoms with E-state index in [0.29, 0.717) is 12.1 Å². The van der Waals surface area contributed by atoms with E-state index in [9.17, 15) is 36.5 Å². The van der Waals surface area contributed by atoms with Gasteiger partial charge in [0, 0.05) is 11.6 Å². The molecule has 0 aliphatic carbocycles. The Morgan fingerprint density at radius 2 is 1.86 bits per heavy atom. The number of alkyl halides is 3. The van der Waals surface area contributed by atoms with Crippen LogP contribution in [0.3, 0.4) is 0 Å². The minimum atomic E-state index is -5.66. The molecule has 1 amide bonds. The number of benzene rings is 2. The van der Waals surface area contributed by atoms with Crippen molar-refractivity contribution in [2.75, 3.05) is 12.4 Å². The molecule has 0 aliphatic heterocycles. The average molecular weight is 439 g/mol. The Balaban J connectivity index is 2.46. The van der Waals surface area contributed by atoms with Gasteiger partial charge in [-0.25, -0.2) is 8.42 Å².